The molecular weight excluding hydrogens is 517 g/mol. The van der Waals surface area contributed by atoms with Gasteiger partial charge in [0.15, 0.2) is 0 Å². The number of halogens is 2. The number of rotatable bonds is 8. The average Bonchev–Trinajstić information content (AvgIpc) is 3.58. The van der Waals surface area contributed by atoms with E-state index in [1.165, 1.54) is 0 Å². The van der Waals surface area contributed by atoms with Crippen LogP contribution in [0.15, 0.2) is 61.2 Å². The smallest absolute Gasteiger partial charge is 0.236 e. The van der Waals surface area contributed by atoms with Crippen LogP contribution in [0.3, 0.4) is 0 Å². The van der Waals surface area contributed by atoms with E-state index in [9.17, 15) is 4.79 Å². The lowest BCUT2D eigenvalue weighted by Crippen LogP contribution is -2.50. The zero-order chi connectivity index (χ0) is 25.8. The minimum Gasteiger partial charge on any atom is -0.491 e. The highest BCUT2D eigenvalue weighted by molar-refractivity contribution is 6.35. The molecule has 3 heterocycles. The fourth-order valence-electron chi connectivity index (χ4n) is 4.66. The monoisotopic (exact) mass is 545 g/mol. The normalized spacial score (nSPS) is 21.9. The van der Waals surface area contributed by atoms with E-state index in [2.05, 4.69) is 9.88 Å². The maximum Gasteiger partial charge on any atom is 0.236 e. The summed E-state index contributed by atoms with van der Waals surface area (Å²) >= 11 is 12.7. The molecule has 11 heteroatoms. The lowest BCUT2D eigenvalue weighted by atomic mass is 10.1. The topological polar surface area (TPSA) is 95.1 Å². The summed E-state index contributed by atoms with van der Waals surface area (Å²) in [5.41, 5.74) is 7.26. The maximum absolute atomic E-state index is 11.8. The van der Waals surface area contributed by atoms with E-state index in [1.807, 2.05) is 46.0 Å². The number of nitrogens with two attached hydrogens (primary N) is 1. The zero-order valence-electron chi connectivity index (χ0n) is 20.3. The summed E-state index contributed by atoms with van der Waals surface area (Å²) in [4.78, 5) is 20.0. The summed E-state index contributed by atoms with van der Waals surface area (Å²) in [6, 6.07) is 13.2. The largest absolute Gasteiger partial charge is 0.491 e. The Morgan fingerprint density at radius 1 is 1.14 bits per heavy atom. The molecule has 0 aliphatic carbocycles. The quantitative estimate of drug-likeness (QED) is 0.464. The molecular formula is C26H29Cl2N5O4. The van der Waals surface area contributed by atoms with Crippen molar-refractivity contribution >= 4 is 34.8 Å². The third-order valence-electron chi connectivity index (χ3n) is 6.60. The third-order valence-corrected chi connectivity index (χ3v) is 7.14. The molecule has 2 N–H and O–H groups in total. The van der Waals surface area contributed by atoms with E-state index < -0.39 is 5.79 Å². The number of ether oxygens (including phenoxy) is 3. The highest BCUT2D eigenvalue weighted by atomic mass is 35.5. The second-order valence-corrected chi connectivity index (χ2v) is 9.88. The van der Waals surface area contributed by atoms with Crippen LogP contribution < -0.4 is 15.4 Å². The number of hydrogen-bond donors (Lipinski definition) is 1. The van der Waals surface area contributed by atoms with Crippen molar-refractivity contribution in [1.29, 1.82) is 0 Å². The van der Waals surface area contributed by atoms with Gasteiger partial charge in [0.1, 0.15) is 18.5 Å². The van der Waals surface area contributed by atoms with Crippen molar-refractivity contribution < 1.29 is 19.0 Å². The van der Waals surface area contributed by atoms with Crippen LogP contribution >= 0.6 is 23.2 Å². The molecule has 2 saturated heterocycles. The maximum atomic E-state index is 11.8. The summed E-state index contributed by atoms with van der Waals surface area (Å²) < 4.78 is 20.6. The molecule has 0 unspecified atom stereocenters. The Hall–Kier alpha value is -2.82. The highest BCUT2D eigenvalue weighted by Gasteiger charge is 2.45. The van der Waals surface area contributed by atoms with Gasteiger partial charge in [-0.15, -0.1) is 0 Å². The predicted octanol–water partition coefficient (Wildman–Crippen LogP) is 3.14. The first-order valence-electron chi connectivity index (χ1n) is 12.1. The summed E-state index contributed by atoms with van der Waals surface area (Å²) in [7, 11) is 0. The van der Waals surface area contributed by atoms with Crippen LogP contribution in [0.25, 0.3) is 0 Å². The van der Waals surface area contributed by atoms with Crippen LogP contribution in [0.2, 0.25) is 10.0 Å². The predicted molar refractivity (Wildman–Crippen MR) is 141 cm³/mol. The molecule has 2 fully saturated rings. The number of piperazine rings is 1. The molecule has 0 radical (unpaired) electrons. The Bertz CT molecular complexity index is 1200. The van der Waals surface area contributed by atoms with Crippen molar-refractivity contribution in [1.82, 2.24) is 14.5 Å². The first-order chi connectivity index (χ1) is 18.0. The van der Waals surface area contributed by atoms with Gasteiger partial charge in [0, 0.05) is 54.8 Å². The number of hydrogen-bond acceptors (Lipinski definition) is 7. The molecule has 9 nitrogen and oxygen atoms in total. The molecule has 0 saturated carbocycles. The van der Waals surface area contributed by atoms with Crippen LogP contribution in [-0.4, -0.2) is 72.4 Å². The molecule has 2 atom stereocenters. The summed E-state index contributed by atoms with van der Waals surface area (Å²) in [6.45, 7) is 3.98. The van der Waals surface area contributed by atoms with Crippen LogP contribution in [-0.2, 0) is 26.6 Å². The molecule has 2 aromatic carbocycles. The van der Waals surface area contributed by atoms with Crippen molar-refractivity contribution in [3.63, 3.8) is 0 Å². The number of anilines is 1. The Morgan fingerprint density at radius 2 is 1.92 bits per heavy atom. The van der Waals surface area contributed by atoms with Crippen molar-refractivity contribution in [3.05, 3.63) is 76.8 Å². The van der Waals surface area contributed by atoms with Gasteiger partial charge in [-0.3, -0.25) is 4.79 Å². The van der Waals surface area contributed by atoms with E-state index in [0.29, 0.717) is 48.5 Å². The number of amides is 1. The fourth-order valence-corrected chi connectivity index (χ4v) is 5.21. The third kappa shape index (κ3) is 5.86. The van der Waals surface area contributed by atoms with Gasteiger partial charge in [0.25, 0.3) is 0 Å². The molecule has 1 amide bonds. The average molecular weight is 546 g/mol. The lowest BCUT2D eigenvalue weighted by Gasteiger charge is -2.36. The van der Waals surface area contributed by atoms with Crippen LogP contribution in [0.4, 0.5) is 5.69 Å². The van der Waals surface area contributed by atoms with Crippen LogP contribution in [0, 0.1) is 0 Å². The molecule has 3 aromatic rings. The Labute approximate surface area is 225 Å². The second kappa shape index (κ2) is 11.3. The molecule has 0 bridgehead atoms. The number of benzene rings is 2. The highest BCUT2D eigenvalue weighted by Crippen LogP contribution is 2.40. The van der Waals surface area contributed by atoms with Gasteiger partial charge in [-0.25, -0.2) is 4.98 Å². The summed E-state index contributed by atoms with van der Waals surface area (Å²) in [5, 5.41) is 1.01. The van der Waals surface area contributed by atoms with E-state index in [4.69, 9.17) is 43.1 Å². The fraction of sp³-hybridized carbons (Fsp3) is 0.385. The summed E-state index contributed by atoms with van der Waals surface area (Å²) in [6.07, 6.45) is 4.96. The van der Waals surface area contributed by atoms with E-state index in [1.54, 1.807) is 24.7 Å². The first kappa shape index (κ1) is 25.8. The Balaban J connectivity index is 1.20. The zero-order valence-corrected chi connectivity index (χ0v) is 21.8. The molecule has 5 rings (SSSR count). The van der Waals surface area contributed by atoms with Gasteiger partial charge in [-0.2, -0.15) is 0 Å². The lowest BCUT2D eigenvalue weighted by molar-refractivity contribution is -0.189. The van der Waals surface area contributed by atoms with Gasteiger partial charge in [-0.05, 0) is 36.4 Å². The molecule has 37 heavy (non-hydrogen) atoms. The van der Waals surface area contributed by atoms with Gasteiger partial charge in [-0.1, -0.05) is 29.3 Å². The SMILES string of the molecule is NCC(=O)N1CCN(c2ccc(OC[C@H]3CO[C@](Cn4ccnc4)(c4ccc(Cl)cc4Cl)O3)cc2)CC1. The van der Waals surface area contributed by atoms with Crippen molar-refractivity contribution in [2.75, 3.05) is 50.8 Å². The van der Waals surface area contributed by atoms with Gasteiger partial charge < -0.3 is 34.3 Å². The number of carbonyl (C=O) groups is 1. The van der Waals surface area contributed by atoms with E-state index in [0.717, 1.165) is 24.5 Å². The minimum atomic E-state index is -1.09. The summed E-state index contributed by atoms with van der Waals surface area (Å²) in [5.74, 6) is -0.358. The Morgan fingerprint density at radius 3 is 2.59 bits per heavy atom. The van der Waals surface area contributed by atoms with Crippen molar-refractivity contribution in [2.45, 2.75) is 18.4 Å². The first-order valence-corrected chi connectivity index (χ1v) is 12.9. The molecule has 0 spiro atoms. The minimum absolute atomic E-state index is 0.00566. The number of nitrogens with zero attached hydrogens (tertiary/aromatic N) is 4. The standard InChI is InChI=1S/C26H29Cl2N5O4/c27-19-1-6-23(24(28)13-19)26(17-31-8-7-30-18-31)36-16-22(37-26)15-35-21-4-2-20(3-5-21)32-9-11-33(12-10-32)25(34)14-29/h1-8,13,18,22H,9-12,14-17,29H2/t22-,26-/m0/s1. The van der Waals surface area contributed by atoms with Crippen LogP contribution in [0.5, 0.6) is 5.75 Å². The van der Waals surface area contributed by atoms with Crippen molar-refractivity contribution in [3.8, 4) is 5.75 Å². The van der Waals surface area contributed by atoms with Gasteiger partial charge in [0.05, 0.1) is 31.0 Å². The molecule has 2 aliphatic rings. The number of aromatic nitrogens is 2. The van der Waals surface area contributed by atoms with Gasteiger partial charge in [0.2, 0.25) is 11.7 Å². The number of carbonyl (C=O) groups excluding carboxylic acids is 1. The van der Waals surface area contributed by atoms with Crippen molar-refractivity contribution in [2.24, 2.45) is 5.73 Å². The van der Waals surface area contributed by atoms with E-state index in [-0.39, 0.29) is 18.6 Å². The number of imidazole rings is 1. The molecule has 2 aliphatic heterocycles. The van der Waals surface area contributed by atoms with Crippen LogP contribution in [0.1, 0.15) is 5.56 Å². The second-order valence-electron chi connectivity index (χ2n) is 9.04. The Kier molecular flexibility index (Phi) is 7.87. The molecule has 196 valence electrons. The van der Waals surface area contributed by atoms with Gasteiger partial charge >= 0.3 is 0 Å². The van der Waals surface area contributed by atoms with E-state index >= 15 is 0 Å². The molecule has 1 aromatic heterocycles.